The van der Waals surface area contributed by atoms with Crippen LogP contribution in [0.5, 0.6) is 0 Å². The number of para-hydroxylation sites is 1. The molecule has 1 N–H and O–H groups in total. The minimum atomic E-state index is -4.47. The number of hydrogen-bond acceptors (Lipinski definition) is 3. The Morgan fingerprint density at radius 3 is 2.04 bits per heavy atom. The molecule has 0 aliphatic rings. The van der Waals surface area contributed by atoms with Gasteiger partial charge in [0.25, 0.3) is 0 Å². The summed E-state index contributed by atoms with van der Waals surface area (Å²) in [5.41, 5.74) is -1.10. The molecule has 1 amide bonds. The van der Waals surface area contributed by atoms with Crippen LogP contribution in [0.4, 0.5) is 23.7 Å². The number of rotatable bonds is 3. The number of ketones is 1. The number of alkyl halides is 3. The maximum Gasteiger partial charge on any atom is 0.416 e. The molecule has 0 saturated carbocycles. The van der Waals surface area contributed by atoms with Gasteiger partial charge in [0.1, 0.15) is 5.60 Å². The second-order valence-electron chi connectivity index (χ2n) is 6.58. The average molecular weight is 365 g/mol. The zero-order valence-corrected chi connectivity index (χ0v) is 14.5. The van der Waals surface area contributed by atoms with Crippen LogP contribution in [-0.4, -0.2) is 17.5 Å². The Morgan fingerprint density at radius 2 is 1.50 bits per heavy atom. The summed E-state index contributed by atoms with van der Waals surface area (Å²) >= 11 is 0. The predicted octanol–water partition coefficient (Wildman–Crippen LogP) is 5.28. The molecule has 0 aliphatic heterocycles. The van der Waals surface area contributed by atoms with Crippen molar-refractivity contribution < 1.29 is 27.5 Å². The van der Waals surface area contributed by atoms with Gasteiger partial charge in [-0.3, -0.25) is 10.1 Å². The third kappa shape index (κ3) is 5.08. The quantitative estimate of drug-likeness (QED) is 0.753. The van der Waals surface area contributed by atoms with Crippen LogP contribution in [0.3, 0.4) is 0 Å². The molecule has 0 heterocycles. The Kier molecular flexibility index (Phi) is 5.39. The van der Waals surface area contributed by atoms with Gasteiger partial charge in [-0.1, -0.05) is 24.3 Å². The van der Waals surface area contributed by atoms with Gasteiger partial charge in [-0.05, 0) is 45.0 Å². The van der Waals surface area contributed by atoms with Gasteiger partial charge >= 0.3 is 12.3 Å². The van der Waals surface area contributed by atoms with E-state index >= 15 is 0 Å². The Labute approximate surface area is 149 Å². The highest BCUT2D eigenvalue weighted by molar-refractivity contribution is 6.13. The number of hydrogen-bond donors (Lipinski definition) is 1. The molecule has 0 saturated heterocycles. The minimum Gasteiger partial charge on any atom is -0.444 e. The number of benzene rings is 2. The first-order chi connectivity index (χ1) is 12.0. The van der Waals surface area contributed by atoms with Crippen LogP contribution < -0.4 is 5.32 Å². The summed E-state index contributed by atoms with van der Waals surface area (Å²) in [5.74, 6) is -0.509. The molecule has 2 aromatic rings. The summed E-state index contributed by atoms with van der Waals surface area (Å²) in [7, 11) is 0. The van der Waals surface area contributed by atoms with E-state index in [0.29, 0.717) is 0 Å². The molecule has 2 aromatic carbocycles. The van der Waals surface area contributed by atoms with Crippen LogP contribution in [0, 0.1) is 0 Å². The van der Waals surface area contributed by atoms with E-state index in [9.17, 15) is 22.8 Å². The van der Waals surface area contributed by atoms with Gasteiger partial charge in [-0.2, -0.15) is 13.2 Å². The molecule has 0 bridgehead atoms. The van der Waals surface area contributed by atoms with Crippen LogP contribution in [-0.2, 0) is 10.9 Å². The van der Waals surface area contributed by atoms with Gasteiger partial charge in [-0.25, -0.2) is 4.79 Å². The van der Waals surface area contributed by atoms with Crippen LogP contribution in [0.15, 0.2) is 48.5 Å². The van der Waals surface area contributed by atoms with E-state index in [0.717, 1.165) is 24.3 Å². The van der Waals surface area contributed by atoms with Crippen LogP contribution >= 0.6 is 0 Å². The van der Waals surface area contributed by atoms with Gasteiger partial charge in [0.15, 0.2) is 5.78 Å². The number of halogens is 3. The first-order valence-corrected chi connectivity index (χ1v) is 7.78. The van der Waals surface area contributed by atoms with E-state index in [-0.39, 0.29) is 16.8 Å². The third-order valence-electron chi connectivity index (χ3n) is 3.28. The molecule has 138 valence electrons. The summed E-state index contributed by atoms with van der Waals surface area (Å²) in [4.78, 5) is 24.5. The van der Waals surface area contributed by atoms with Crippen molar-refractivity contribution in [1.29, 1.82) is 0 Å². The SMILES string of the molecule is CC(C)(C)OC(=O)Nc1ccccc1C(=O)c1ccc(C(F)(F)F)cc1. The first-order valence-electron chi connectivity index (χ1n) is 7.78. The number of amides is 1. The summed E-state index contributed by atoms with van der Waals surface area (Å²) in [6, 6.07) is 10.1. The van der Waals surface area contributed by atoms with Crippen molar-refractivity contribution in [3.63, 3.8) is 0 Å². The normalized spacial score (nSPS) is 11.8. The zero-order valence-electron chi connectivity index (χ0n) is 14.5. The molecule has 4 nitrogen and oxygen atoms in total. The number of nitrogens with one attached hydrogen (secondary N) is 1. The lowest BCUT2D eigenvalue weighted by Gasteiger charge is -2.20. The Morgan fingerprint density at radius 1 is 0.923 bits per heavy atom. The van der Waals surface area contributed by atoms with Crippen molar-refractivity contribution in [1.82, 2.24) is 0 Å². The van der Waals surface area contributed by atoms with E-state index < -0.39 is 29.2 Å². The van der Waals surface area contributed by atoms with Crippen molar-refractivity contribution >= 4 is 17.6 Å². The number of ether oxygens (including phenoxy) is 1. The summed E-state index contributed by atoms with van der Waals surface area (Å²) in [5, 5.41) is 2.49. The van der Waals surface area contributed by atoms with Crippen LogP contribution in [0.1, 0.15) is 42.3 Å². The van der Waals surface area contributed by atoms with Crippen molar-refractivity contribution in [3.8, 4) is 0 Å². The van der Waals surface area contributed by atoms with Crippen molar-refractivity contribution in [2.45, 2.75) is 32.5 Å². The first kappa shape index (κ1) is 19.5. The second kappa shape index (κ2) is 7.19. The molecule has 0 spiro atoms. The molecule has 7 heteroatoms. The number of carbonyl (C=O) groups is 2. The molecule has 0 radical (unpaired) electrons. The maximum atomic E-state index is 12.6. The largest absolute Gasteiger partial charge is 0.444 e. The van der Waals surface area contributed by atoms with Gasteiger partial charge in [0.05, 0.1) is 11.3 Å². The monoisotopic (exact) mass is 365 g/mol. The van der Waals surface area contributed by atoms with Gasteiger partial charge < -0.3 is 4.74 Å². The molecule has 0 aromatic heterocycles. The van der Waals surface area contributed by atoms with Crippen LogP contribution in [0.25, 0.3) is 0 Å². The lowest BCUT2D eigenvalue weighted by atomic mass is 10.0. The van der Waals surface area contributed by atoms with E-state index in [1.54, 1.807) is 32.9 Å². The van der Waals surface area contributed by atoms with E-state index in [2.05, 4.69) is 5.32 Å². The third-order valence-corrected chi connectivity index (χ3v) is 3.28. The highest BCUT2D eigenvalue weighted by Crippen LogP contribution is 2.29. The molecular weight excluding hydrogens is 347 g/mol. The lowest BCUT2D eigenvalue weighted by molar-refractivity contribution is -0.137. The van der Waals surface area contributed by atoms with Gasteiger partial charge in [0.2, 0.25) is 0 Å². The van der Waals surface area contributed by atoms with Crippen molar-refractivity contribution in [3.05, 3.63) is 65.2 Å². The molecular formula is C19H18F3NO3. The minimum absolute atomic E-state index is 0.0800. The fourth-order valence-corrected chi connectivity index (χ4v) is 2.17. The molecule has 0 unspecified atom stereocenters. The number of carbonyl (C=O) groups excluding carboxylic acids is 2. The molecule has 2 rings (SSSR count). The fourth-order valence-electron chi connectivity index (χ4n) is 2.17. The Balaban J connectivity index is 2.26. The smallest absolute Gasteiger partial charge is 0.416 e. The van der Waals surface area contributed by atoms with E-state index in [1.807, 2.05) is 0 Å². The molecule has 0 atom stereocenters. The molecule has 26 heavy (non-hydrogen) atoms. The Hall–Kier alpha value is -2.83. The van der Waals surface area contributed by atoms with E-state index in [4.69, 9.17) is 4.74 Å². The second-order valence-corrected chi connectivity index (χ2v) is 6.58. The lowest BCUT2D eigenvalue weighted by Crippen LogP contribution is -2.27. The fraction of sp³-hybridized carbons (Fsp3) is 0.263. The maximum absolute atomic E-state index is 12.6. The van der Waals surface area contributed by atoms with Gasteiger partial charge in [-0.15, -0.1) is 0 Å². The highest BCUT2D eigenvalue weighted by atomic mass is 19.4. The number of anilines is 1. The summed E-state index contributed by atoms with van der Waals surface area (Å²) in [6.07, 6.45) is -5.21. The van der Waals surface area contributed by atoms with Crippen molar-refractivity contribution in [2.75, 3.05) is 5.32 Å². The van der Waals surface area contributed by atoms with Crippen LogP contribution in [0.2, 0.25) is 0 Å². The zero-order chi connectivity index (χ0) is 19.5. The summed E-state index contributed by atoms with van der Waals surface area (Å²) < 4.78 is 43.1. The summed E-state index contributed by atoms with van der Waals surface area (Å²) in [6.45, 7) is 5.10. The van der Waals surface area contributed by atoms with Gasteiger partial charge in [0, 0.05) is 11.1 Å². The highest BCUT2D eigenvalue weighted by Gasteiger charge is 2.30. The average Bonchev–Trinajstić information content (AvgIpc) is 2.52. The van der Waals surface area contributed by atoms with Crippen molar-refractivity contribution in [2.24, 2.45) is 0 Å². The Bertz CT molecular complexity index is 806. The standard InChI is InChI=1S/C19H18F3NO3/c1-18(2,3)26-17(25)23-15-7-5-4-6-14(15)16(24)12-8-10-13(11-9-12)19(20,21)22/h4-11H,1-3H3,(H,23,25). The van der Waals surface area contributed by atoms with E-state index in [1.165, 1.54) is 12.1 Å². The molecule has 0 fully saturated rings. The topological polar surface area (TPSA) is 55.4 Å². The predicted molar refractivity (Wildman–Crippen MR) is 91.2 cm³/mol. The molecule has 0 aliphatic carbocycles.